The molecular formula is C32H18Cl4F6N2O9. The zero-order chi connectivity index (χ0) is 39.7. The average molecular weight is 830 g/mol. The highest BCUT2D eigenvalue weighted by atomic mass is 35.5. The van der Waals surface area contributed by atoms with Crippen LogP contribution in [0.3, 0.4) is 0 Å². The third-order valence-electron chi connectivity index (χ3n) is 7.15. The topological polar surface area (TPSA) is 148 Å². The molecule has 0 unspecified atom stereocenters. The summed E-state index contributed by atoms with van der Waals surface area (Å²) in [5, 5.41) is 21.3. The molecule has 0 saturated carbocycles. The normalized spacial score (nSPS) is 11.6. The zero-order valence-corrected chi connectivity index (χ0v) is 29.4. The molecule has 0 aromatic heterocycles. The lowest BCUT2D eigenvalue weighted by atomic mass is 9.97. The van der Waals surface area contributed by atoms with Gasteiger partial charge in [-0.05, 0) is 49.2 Å². The molecule has 280 valence electrons. The molecule has 4 rings (SSSR count). The summed E-state index contributed by atoms with van der Waals surface area (Å²) < 4.78 is 95.9. The molecule has 0 atom stereocenters. The quantitative estimate of drug-likeness (QED) is 0.0659. The Kier molecular flexibility index (Phi) is 12.1. The molecule has 0 saturated heterocycles. The number of nitro benzene ring substituents is 2. The van der Waals surface area contributed by atoms with E-state index in [-0.39, 0.29) is 24.3 Å². The Hall–Kier alpha value is -4.84. The first-order chi connectivity index (χ1) is 24.7. The summed E-state index contributed by atoms with van der Waals surface area (Å²) in [6, 6.07) is 5.38. The number of carbonyl (C=O) groups is 2. The highest BCUT2D eigenvalue weighted by Crippen LogP contribution is 2.55. The van der Waals surface area contributed by atoms with Crippen molar-refractivity contribution in [2.75, 3.05) is 13.2 Å². The van der Waals surface area contributed by atoms with Crippen molar-refractivity contribution in [1.29, 1.82) is 0 Å². The van der Waals surface area contributed by atoms with Gasteiger partial charge in [0, 0.05) is 0 Å². The third kappa shape index (κ3) is 8.07. The van der Waals surface area contributed by atoms with Crippen LogP contribution in [0.25, 0.3) is 22.3 Å². The second-order valence-corrected chi connectivity index (χ2v) is 11.8. The Morgan fingerprint density at radius 2 is 0.906 bits per heavy atom. The standard InChI is InChI=1S/C32H18Cl4F6N2O9/c1-3-51-29(45)19-23(35)27(21(33)17(25(19)43(47)48)13-5-9-15(10-6-13)31(37,38)39)53-28-22(34)18(14-7-11-16(12-8-14)32(40,41)42)26(44(49)50)20(24(28)36)30(46)52-4-2/h5-12H,3-4H2,1-2H3. The molecular weight excluding hydrogens is 812 g/mol. The van der Waals surface area contributed by atoms with Gasteiger partial charge in [0.15, 0.2) is 22.6 Å². The third-order valence-corrected chi connectivity index (χ3v) is 8.60. The van der Waals surface area contributed by atoms with Crippen molar-refractivity contribution in [2.24, 2.45) is 0 Å². The van der Waals surface area contributed by atoms with Gasteiger partial charge in [-0.15, -0.1) is 0 Å². The largest absolute Gasteiger partial charge is 0.462 e. The number of ether oxygens (including phenoxy) is 3. The molecule has 21 heteroatoms. The van der Waals surface area contributed by atoms with Crippen LogP contribution < -0.4 is 4.74 Å². The maximum absolute atomic E-state index is 13.4. The number of hydrogen-bond donors (Lipinski definition) is 0. The highest BCUT2D eigenvalue weighted by molar-refractivity contribution is 6.43. The molecule has 53 heavy (non-hydrogen) atoms. The fourth-order valence-electron chi connectivity index (χ4n) is 4.92. The van der Waals surface area contributed by atoms with Gasteiger partial charge in [-0.25, -0.2) is 9.59 Å². The van der Waals surface area contributed by atoms with Crippen LogP contribution in [0.5, 0.6) is 11.5 Å². The van der Waals surface area contributed by atoms with E-state index < -0.39 is 110 Å². The van der Waals surface area contributed by atoms with Crippen LogP contribution in [-0.2, 0) is 21.8 Å². The predicted octanol–water partition coefficient (Wildman–Crippen LogP) is 11.6. The van der Waals surface area contributed by atoms with Crippen LogP contribution in [0.2, 0.25) is 20.1 Å². The first-order valence-electron chi connectivity index (χ1n) is 14.4. The first-order valence-corrected chi connectivity index (χ1v) is 15.9. The van der Waals surface area contributed by atoms with Crippen molar-refractivity contribution in [3.63, 3.8) is 0 Å². The number of rotatable bonds is 10. The van der Waals surface area contributed by atoms with E-state index in [1.165, 1.54) is 13.8 Å². The number of halogens is 10. The van der Waals surface area contributed by atoms with E-state index in [1.807, 2.05) is 0 Å². The Labute approximate surface area is 313 Å². The number of benzene rings is 4. The van der Waals surface area contributed by atoms with Gasteiger partial charge in [-0.2, -0.15) is 26.3 Å². The fourth-order valence-corrected chi connectivity index (χ4v) is 6.28. The lowest BCUT2D eigenvalue weighted by molar-refractivity contribution is -0.384. The zero-order valence-electron chi connectivity index (χ0n) is 26.4. The first kappa shape index (κ1) is 40.9. The van der Waals surface area contributed by atoms with Gasteiger partial charge in [0.25, 0.3) is 11.4 Å². The van der Waals surface area contributed by atoms with Crippen LogP contribution in [0.15, 0.2) is 48.5 Å². The van der Waals surface area contributed by atoms with Gasteiger partial charge in [0.05, 0.1) is 55.4 Å². The van der Waals surface area contributed by atoms with Gasteiger partial charge in [-0.1, -0.05) is 70.7 Å². The molecule has 0 fully saturated rings. The highest BCUT2D eigenvalue weighted by Gasteiger charge is 2.40. The minimum Gasteiger partial charge on any atom is -0.462 e. The fraction of sp³-hybridized carbons (Fsp3) is 0.188. The van der Waals surface area contributed by atoms with E-state index in [4.69, 9.17) is 60.6 Å². The summed E-state index contributed by atoms with van der Waals surface area (Å²) in [4.78, 5) is 48.9. The molecule has 0 aliphatic carbocycles. The van der Waals surface area contributed by atoms with Crippen molar-refractivity contribution >= 4 is 69.7 Å². The van der Waals surface area contributed by atoms with E-state index in [1.54, 1.807) is 0 Å². The van der Waals surface area contributed by atoms with E-state index in [0.717, 1.165) is 24.3 Å². The van der Waals surface area contributed by atoms with E-state index in [2.05, 4.69) is 0 Å². The Morgan fingerprint density at radius 1 is 0.604 bits per heavy atom. The molecule has 0 bridgehead atoms. The van der Waals surface area contributed by atoms with E-state index in [0.29, 0.717) is 24.3 Å². The lowest BCUT2D eigenvalue weighted by Gasteiger charge is -2.20. The number of carbonyl (C=O) groups excluding carboxylic acids is 2. The van der Waals surface area contributed by atoms with E-state index in [9.17, 15) is 56.2 Å². The van der Waals surface area contributed by atoms with Crippen molar-refractivity contribution in [3.8, 4) is 33.8 Å². The minimum atomic E-state index is -4.83. The Morgan fingerprint density at radius 3 is 1.15 bits per heavy atom. The summed E-state index contributed by atoms with van der Waals surface area (Å²) in [7, 11) is 0. The summed E-state index contributed by atoms with van der Waals surface area (Å²) >= 11 is 26.2. The van der Waals surface area contributed by atoms with Gasteiger partial charge in [0.1, 0.15) is 10.0 Å². The number of esters is 2. The molecule has 11 nitrogen and oxygen atoms in total. The maximum atomic E-state index is 13.4. The minimum absolute atomic E-state index is 0.361. The van der Waals surface area contributed by atoms with Gasteiger partial charge in [0.2, 0.25) is 0 Å². The summed E-state index contributed by atoms with van der Waals surface area (Å²) in [6.07, 6.45) is -9.66. The number of hydrogen-bond acceptors (Lipinski definition) is 9. The Balaban J connectivity index is 2.16. The van der Waals surface area contributed by atoms with Gasteiger partial charge in [-0.3, -0.25) is 20.2 Å². The van der Waals surface area contributed by atoms with Gasteiger partial charge < -0.3 is 14.2 Å². The van der Waals surface area contributed by atoms with Crippen molar-refractivity contribution < 1.29 is 60.0 Å². The smallest absolute Gasteiger partial charge is 0.416 e. The molecule has 0 radical (unpaired) electrons. The maximum Gasteiger partial charge on any atom is 0.416 e. The lowest BCUT2D eigenvalue weighted by Crippen LogP contribution is -2.13. The van der Waals surface area contributed by atoms with Crippen LogP contribution >= 0.6 is 46.4 Å². The molecule has 0 spiro atoms. The SMILES string of the molecule is CCOC(=O)c1c(Cl)c(Oc2c(Cl)c(C(=O)OCC)c([N+](=O)[O-])c(-c3ccc(C(F)(F)F)cc3)c2Cl)c(Cl)c(-c2ccc(C(F)(F)F)cc2)c1[N+](=O)[O-]. The number of nitrogens with zero attached hydrogens (tertiary/aromatic N) is 2. The molecule has 0 aliphatic heterocycles. The van der Waals surface area contributed by atoms with Crippen molar-refractivity contribution in [2.45, 2.75) is 26.2 Å². The van der Waals surface area contributed by atoms with Crippen LogP contribution in [-0.4, -0.2) is 35.0 Å². The van der Waals surface area contributed by atoms with E-state index >= 15 is 0 Å². The van der Waals surface area contributed by atoms with Crippen molar-refractivity contribution in [1.82, 2.24) is 0 Å². The number of alkyl halides is 6. The predicted molar refractivity (Wildman–Crippen MR) is 179 cm³/mol. The Bertz CT molecular complexity index is 1990. The summed E-state index contributed by atoms with van der Waals surface area (Å²) in [6.45, 7) is 1.94. The summed E-state index contributed by atoms with van der Waals surface area (Å²) in [5.41, 5.74) is -8.84. The van der Waals surface area contributed by atoms with Crippen LogP contribution in [0, 0.1) is 20.2 Å². The average Bonchev–Trinajstić information content (AvgIpc) is 3.06. The van der Waals surface area contributed by atoms with Crippen LogP contribution in [0.1, 0.15) is 45.7 Å². The van der Waals surface area contributed by atoms with Crippen molar-refractivity contribution in [3.05, 3.63) is 111 Å². The molecule has 4 aromatic rings. The molecule has 0 heterocycles. The second kappa shape index (κ2) is 15.6. The van der Waals surface area contributed by atoms with Gasteiger partial charge >= 0.3 is 24.3 Å². The monoisotopic (exact) mass is 828 g/mol. The molecule has 0 N–H and O–H groups in total. The number of nitro groups is 2. The molecule has 4 aromatic carbocycles. The molecule has 0 aliphatic rings. The second-order valence-electron chi connectivity index (χ2n) is 10.3. The summed E-state index contributed by atoms with van der Waals surface area (Å²) in [5.74, 6) is -4.67. The molecule has 0 amide bonds. The van der Waals surface area contributed by atoms with Crippen LogP contribution in [0.4, 0.5) is 37.7 Å².